The molecule has 3 rings (SSSR count). The smallest absolute Gasteiger partial charge is 0.389 e. The number of nitrogens with zero attached hydrogens (tertiary/aromatic N) is 1. The average molecular weight is 575 g/mol. The Morgan fingerprint density at radius 3 is 2.27 bits per heavy atom. The van der Waals surface area contributed by atoms with Gasteiger partial charge >= 0.3 is 12.1 Å². The molecule has 1 N–H and O–H groups in total. The molecule has 41 heavy (non-hydrogen) atoms. The highest BCUT2D eigenvalue weighted by atomic mass is 19.4. The van der Waals surface area contributed by atoms with Gasteiger partial charge in [-0.3, -0.25) is 19.4 Å². The molecule has 7 nitrogen and oxygen atoms in total. The second-order valence-corrected chi connectivity index (χ2v) is 11.1. The molecule has 0 aromatic heterocycles. The SMILES string of the molecule is CCC[C@H](C(=O)OC(C)(C)C)[C@@H](CCC(F)(F)F)C(=O)NC1N=C(c2ccc(OC)cc2)c2ccccc2CC1=O. The van der Waals surface area contributed by atoms with Crippen LogP contribution in [0.15, 0.2) is 53.5 Å². The number of nitrogens with one attached hydrogen (secondary N) is 1. The normalized spacial score (nSPS) is 17.0. The summed E-state index contributed by atoms with van der Waals surface area (Å²) in [6, 6.07) is 14.2. The summed E-state index contributed by atoms with van der Waals surface area (Å²) >= 11 is 0. The Morgan fingerprint density at radius 2 is 1.68 bits per heavy atom. The summed E-state index contributed by atoms with van der Waals surface area (Å²) in [6.07, 6.45) is -7.24. The maximum absolute atomic E-state index is 13.6. The van der Waals surface area contributed by atoms with E-state index in [1.165, 1.54) is 7.11 Å². The van der Waals surface area contributed by atoms with E-state index < -0.39 is 60.3 Å². The number of fused-ring (bicyclic) bond motifs is 1. The summed E-state index contributed by atoms with van der Waals surface area (Å²) in [5.41, 5.74) is 1.63. The zero-order valence-corrected chi connectivity index (χ0v) is 24.0. The second-order valence-electron chi connectivity index (χ2n) is 11.1. The highest BCUT2D eigenvalue weighted by Crippen LogP contribution is 2.32. The molecule has 0 radical (unpaired) electrons. The number of Topliss-reactive ketones (excluding diaryl/α,β-unsaturated/α-hetero) is 1. The van der Waals surface area contributed by atoms with Crippen molar-refractivity contribution in [2.75, 3.05) is 7.11 Å². The molecule has 1 aliphatic heterocycles. The lowest BCUT2D eigenvalue weighted by molar-refractivity contribution is -0.167. The largest absolute Gasteiger partial charge is 0.497 e. The summed E-state index contributed by atoms with van der Waals surface area (Å²) in [6.45, 7) is 6.72. The zero-order chi connectivity index (χ0) is 30.4. The predicted molar refractivity (Wildman–Crippen MR) is 149 cm³/mol. The number of aliphatic imine (C=N–C) groups is 1. The van der Waals surface area contributed by atoms with Crippen molar-refractivity contribution in [3.63, 3.8) is 0 Å². The first-order valence-corrected chi connectivity index (χ1v) is 13.7. The van der Waals surface area contributed by atoms with E-state index >= 15 is 0 Å². The van der Waals surface area contributed by atoms with Gasteiger partial charge in [0.25, 0.3) is 0 Å². The van der Waals surface area contributed by atoms with E-state index in [4.69, 9.17) is 9.47 Å². The highest BCUT2D eigenvalue weighted by molar-refractivity contribution is 6.16. The fraction of sp³-hybridized carbons (Fsp3) is 0.484. The van der Waals surface area contributed by atoms with Gasteiger partial charge in [0.2, 0.25) is 5.91 Å². The Morgan fingerprint density at radius 1 is 1.02 bits per heavy atom. The molecule has 1 amide bonds. The molecule has 1 aliphatic rings. The quantitative estimate of drug-likeness (QED) is 0.361. The Balaban J connectivity index is 2.00. The van der Waals surface area contributed by atoms with Crippen LogP contribution < -0.4 is 10.1 Å². The number of amides is 1. The van der Waals surface area contributed by atoms with Gasteiger partial charge in [-0.1, -0.05) is 37.6 Å². The van der Waals surface area contributed by atoms with Gasteiger partial charge in [0.05, 0.1) is 24.7 Å². The van der Waals surface area contributed by atoms with Gasteiger partial charge in [0, 0.05) is 24.0 Å². The summed E-state index contributed by atoms with van der Waals surface area (Å²) in [5, 5.41) is 2.58. The number of carbonyl (C=O) groups excluding carboxylic acids is 3. The summed E-state index contributed by atoms with van der Waals surface area (Å²) in [4.78, 5) is 44.7. The Kier molecular flexibility index (Phi) is 10.3. The summed E-state index contributed by atoms with van der Waals surface area (Å²) in [5.74, 6) is -3.89. The molecule has 222 valence electrons. The number of benzene rings is 2. The summed E-state index contributed by atoms with van der Waals surface area (Å²) in [7, 11) is 1.54. The first-order valence-electron chi connectivity index (χ1n) is 13.7. The molecule has 2 aromatic carbocycles. The number of halogens is 3. The molecular weight excluding hydrogens is 537 g/mol. The van der Waals surface area contributed by atoms with Gasteiger partial charge in [-0.05, 0) is 63.4 Å². The maximum Gasteiger partial charge on any atom is 0.389 e. The van der Waals surface area contributed by atoms with E-state index in [1.54, 1.807) is 64.1 Å². The third-order valence-electron chi connectivity index (χ3n) is 6.71. The van der Waals surface area contributed by atoms with Crippen LogP contribution in [-0.2, 0) is 25.5 Å². The van der Waals surface area contributed by atoms with Crippen LogP contribution in [0.3, 0.4) is 0 Å². The number of carbonyl (C=O) groups is 3. The van der Waals surface area contributed by atoms with E-state index in [0.29, 0.717) is 34.6 Å². The van der Waals surface area contributed by atoms with Crippen molar-refractivity contribution in [1.29, 1.82) is 0 Å². The van der Waals surface area contributed by atoms with Crippen LogP contribution in [0.25, 0.3) is 0 Å². The van der Waals surface area contributed by atoms with Crippen molar-refractivity contribution in [3.05, 3.63) is 65.2 Å². The number of rotatable bonds is 10. The zero-order valence-electron chi connectivity index (χ0n) is 24.0. The number of ether oxygens (including phenoxy) is 2. The molecule has 0 saturated carbocycles. The number of methoxy groups -OCH3 is 1. The van der Waals surface area contributed by atoms with Crippen molar-refractivity contribution >= 4 is 23.4 Å². The Bertz CT molecular complexity index is 1270. The van der Waals surface area contributed by atoms with E-state index in [0.717, 1.165) is 0 Å². The number of hydrogen-bond acceptors (Lipinski definition) is 6. The Hall–Kier alpha value is -3.69. The third kappa shape index (κ3) is 8.90. The molecule has 0 bridgehead atoms. The number of esters is 1. The summed E-state index contributed by atoms with van der Waals surface area (Å²) < 4.78 is 50.6. The number of ketones is 1. The molecule has 0 fully saturated rings. The van der Waals surface area contributed by atoms with Crippen molar-refractivity contribution < 1.29 is 37.0 Å². The molecule has 0 spiro atoms. The highest BCUT2D eigenvalue weighted by Gasteiger charge is 2.40. The van der Waals surface area contributed by atoms with Gasteiger partial charge in [-0.2, -0.15) is 13.2 Å². The van der Waals surface area contributed by atoms with Gasteiger partial charge in [-0.15, -0.1) is 0 Å². The minimum atomic E-state index is -4.54. The van der Waals surface area contributed by atoms with Gasteiger partial charge in [0.1, 0.15) is 11.4 Å². The fourth-order valence-corrected chi connectivity index (χ4v) is 4.80. The first-order chi connectivity index (χ1) is 19.2. The molecule has 10 heteroatoms. The molecular formula is C31H37F3N2O5. The molecule has 0 aliphatic carbocycles. The number of alkyl halides is 3. The standard InChI is InChI=1S/C31H37F3N2O5/c1-6-9-24(29(39)41-30(2,3)4)23(16-17-31(32,33)34)28(38)36-27-25(37)18-20-10-7-8-11-22(20)26(35-27)19-12-14-21(40-5)15-13-19/h7-8,10-15,23-24,27H,6,9,16-18H2,1-5H3,(H,36,38)/t23-,24+,27?/m1/s1. The number of hydrogen-bond donors (Lipinski definition) is 1. The van der Waals surface area contributed by atoms with Crippen molar-refractivity contribution in [1.82, 2.24) is 5.32 Å². The van der Waals surface area contributed by atoms with Crippen LogP contribution in [0.4, 0.5) is 13.2 Å². The predicted octanol–water partition coefficient (Wildman–Crippen LogP) is 5.82. The van der Waals surface area contributed by atoms with Crippen LogP contribution in [0.2, 0.25) is 0 Å². The monoisotopic (exact) mass is 574 g/mol. The van der Waals surface area contributed by atoms with Crippen LogP contribution in [0, 0.1) is 11.8 Å². The average Bonchev–Trinajstić information content (AvgIpc) is 3.02. The van der Waals surface area contributed by atoms with Gasteiger partial charge in [-0.25, -0.2) is 0 Å². The molecule has 0 saturated heterocycles. The minimum Gasteiger partial charge on any atom is -0.497 e. The lowest BCUT2D eigenvalue weighted by Crippen LogP contribution is -2.47. The van der Waals surface area contributed by atoms with E-state index in [9.17, 15) is 27.6 Å². The van der Waals surface area contributed by atoms with Crippen LogP contribution >= 0.6 is 0 Å². The van der Waals surface area contributed by atoms with E-state index in [1.807, 2.05) is 12.1 Å². The Labute approximate surface area is 238 Å². The third-order valence-corrected chi connectivity index (χ3v) is 6.71. The molecule has 1 unspecified atom stereocenters. The van der Waals surface area contributed by atoms with Crippen LogP contribution in [-0.4, -0.2) is 48.4 Å². The lowest BCUT2D eigenvalue weighted by Gasteiger charge is -2.29. The minimum absolute atomic E-state index is 0.0397. The van der Waals surface area contributed by atoms with Crippen LogP contribution in [0.5, 0.6) is 5.75 Å². The van der Waals surface area contributed by atoms with Crippen molar-refractivity contribution in [2.45, 2.75) is 77.7 Å². The van der Waals surface area contributed by atoms with Crippen molar-refractivity contribution in [3.8, 4) is 5.75 Å². The molecule has 1 heterocycles. The van der Waals surface area contributed by atoms with E-state index in [2.05, 4.69) is 10.3 Å². The topological polar surface area (TPSA) is 94.1 Å². The van der Waals surface area contributed by atoms with Gasteiger partial charge in [0.15, 0.2) is 11.9 Å². The van der Waals surface area contributed by atoms with Crippen LogP contribution in [0.1, 0.15) is 70.1 Å². The molecule has 3 atom stereocenters. The lowest BCUT2D eigenvalue weighted by atomic mass is 9.84. The van der Waals surface area contributed by atoms with Crippen molar-refractivity contribution in [2.24, 2.45) is 16.8 Å². The van der Waals surface area contributed by atoms with E-state index in [-0.39, 0.29) is 12.8 Å². The second kappa shape index (κ2) is 13.3. The fourth-order valence-electron chi connectivity index (χ4n) is 4.80. The maximum atomic E-state index is 13.6. The molecule has 2 aromatic rings. The van der Waals surface area contributed by atoms with Gasteiger partial charge < -0.3 is 14.8 Å². The first kappa shape index (κ1) is 31.8.